The third-order valence-corrected chi connectivity index (χ3v) is 2.52. The quantitative estimate of drug-likeness (QED) is 0.756. The summed E-state index contributed by atoms with van der Waals surface area (Å²) in [5.41, 5.74) is 3.03. The number of benzene rings is 1. The molecule has 2 aromatic rings. The van der Waals surface area contributed by atoms with E-state index in [4.69, 9.17) is 4.74 Å². The maximum Gasteiger partial charge on any atom is 0.181 e. The van der Waals surface area contributed by atoms with Crippen molar-refractivity contribution < 1.29 is 9.84 Å². The van der Waals surface area contributed by atoms with Gasteiger partial charge in [-0.05, 0) is 25.5 Å². The van der Waals surface area contributed by atoms with Gasteiger partial charge in [0.15, 0.2) is 6.29 Å². The lowest BCUT2D eigenvalue weighted by Crippen LogP contribution is -2.02. The third kappa shape index (κ3) is 1.89. The van der Waals surface area contributed by atoms with Crippen LogP contribution in [0, 0.1) is 6.92 Å². The number of aromatic amines is 1. The molecule has 1 aromatic heterocycles. The highest BCUT2D eigenvalue weighted by atomic mass is 16.6. The van der Waals surface area contributed by atoms with Gasteiger partial charge in [0.05, 0.1) is 0 Å². The Hall–Kier alpha value is -1.32. The van der Waals surface area contributed by atoms with Gasteiger partial charge in [-0.3, -0.25) is 0 Å². The predicted molar refractivity (Wildman–Crippen MR) is 59.6 cm³/mol. The number of hydrogen-bond acceptors (Lipinski definition) is 2. The molecule has 1 unspecified atom stereocenters. The molecule has 3 heteroatoms. The second-order valence-electron chi connectivity index (χ2n) is 3.58. The van der Waals surface area contributed by atoms with Crippen molar-refractivity contribution in [1.82, 2.24) is 4.98 Å². The molecule has 2 N–H and O–H groups in total. The summed E-state index contributed by atoms with van der Waals surface area (Å²) in [5.74, 6) is 0. The van der Waals surface area contributed by atoms with E-state index in [-0.39, 0.29) is 0 Å². The number of rotatable bonds is 3. The van der Waals surface area contributed by atoms with E-state index in [0.29, 0.717) is 6.61 Å². The molecule has 0 aliphatic heterocycles. The zero-order chi connectivity index (χ0) is 10.8. The Balaban J connectivity index is 2.38. The first kappa shape index (κ1) is 10.2. The van der Waals surface area contributed by atoms with Crippen LogP contribution in [0.15, 0.2) is 24.4 Å². The van der Waals surface area contributed by atoms with E-state index >= 15 is 0 Å². The number of aliphatic hydroxyl groups is 1. The Labute approximate surface area is 88.7 Å². The van der Waals surface area contributed by atoms with Gasteiger partial charge in [-0.2, -0.15) is 0 Å². The van der Waals surface area contributed by atoms with Gasteiger partial charge in [0.2, 0.25) is 0 Å². The molecular weight excluding hydrogens is 190 g/mol. The second kappa shape index (κ2) is 4.04. The van der Waals surface area contributed by atoms with Crippen molar-refractivity contribution in [3.8, 4) is 0 Å². The van der Waals surface area contributed by atoms with Gasteiger partial charge < -0.3 is 14.8 Å². The highest BCUT2D eigenvalue weighted by Crippen LogP contribution is 2.22. The highest BCUT2D eigenvalue weighted by Gasteiger charge is 2.08. The van der Waals surface area contributed by atoms with Crippen LogP contribution in [-0.4, -0.2) is 16.7 Å². The van der Waals surface area contributed by atoms with E-state index in [2.05, 4.69) is 11.9 Å². The van der Waals surface area contributed by atoms with Crippen molar-refractivity contribution in [1.29, 1.82) is 0 Å². The van der Waals surface area contributed by atoms with E-state index in [1.165, 1.54) is 10.9 Å². The zero-order valence-electron chi connectivity index (χ0n) is 8.95. The molecule has 1 heterocycles. The summed E-state index contributed by atoms with van der Waals surface area (Å²) in [6.07, 6.45) is 1.13. The number of nitrogens with one attached hydrogen (secondary N) is 1. The predicted octanol–water partition coefficient (Wildman–Crippen LogP) is 2.50. The maximum atomic E-state index is 9.65. The van der Waals surface area contributed by atoms with Crippen molar-refractivity contribution in [2.75, 3.05) is 6.61 Å². The van der Waals surface area contributed by atoms with E-state index in [0.717, 1.165) is 11.1 Å². The Morgan fingerprint density at radius 3 is 3.00 bits per heavy atom. The van der Waals surface area contributed by atoms with Crippen LogP contribution in [0.4, 0.5) is 0 Å². The van der Waals surface area contributed by atoms with Crippen molar-refractivity contribution in [2.45, 2.75) is 20.1 Å². The van der Waals surface area contributed by atoms with Crippen LogP contribution in [-0.2, 0) is 4.74 Å². The molecule has 0 saturated heterocycles. The second-order valence-corrected chi connectivity index (χ2v) is 3.58. The standard InChI is InChI=1S/C12H15NO2/c1-3-15-12(14)9-4-5-10-8(2)7-13-11(10)6-9/h4-7,12-14H,3H2,1-2H3. The van der Waals surface area contributed by atoms with Crippen molar-refractivity contribution in [3.63, 3.8) is 0 Å². The van der Waals surface area contributed by atoms with E-state index in [9.17, 15) is 5.11 Å². The van der Waals surface area contributed by atoms with Crippen molar-refractivity contribution in [3.05, 3.63) is 35.5 Å². The van der Waals surface area contributed by atoms with Gasteiger partial charge >= 0.3 is 0 Å². The van der Waals surface area contributed by atoms with Gasteiger partial charge in [-0.25, -0.2) is 0 Å². The lowest BCUT2D eigenvalue weighted by Gasteiger charge is -2.10. The van der Waals surface area contributed by atoms with E-state index in [1.54, 1.807) is 0 Å². The SMILES string of the molecule is CCOC(O)c1ccc2c(C)c[nH]c2c1. The minimum atomic E-state index is -0.831. The van der Waals surface area contributed by atoms with Crippen LogP contribution in [0.5, 0.6) is 0 Å². The average Bonchev–Trinajstić information content (AvgIpc) is 2.60. The fourth-order valence-corrected chi connectivity index (χ4v) is 1.70. The van der Waals surface area contributed by atoms with Gasteiger partial charge in [0, 0.05) is 29.3 Å². The molecule has 0 bridgehead atoms. The zero-order valence-corrected chi connectivity index (χ0v) is 8.95. The smallest absolute Gasteiger partial charge is 0.181 e. The number of ether oxygens (including phenoxy) is 1. The first-order chi connectivity index (χ1) is 7.22. The van der Waals surface area contributed by atoms with E-state index in [1.807, 2.05) is 31.3 Å². The van der Waals surface area contributed by atoms with Gasteiger partial charge in [-0.1, -0.05) is 12.1 Å². The molecule has 0 spiro atoms. The highest BCUT2D eigenvalue weighted by molar-refractivity contribution is 5.83. The molecule has 0 fully saturated rings. The average molecular weight is 205 g/mol. The molecule has 0 saturated carbocycles. The van der Waals surface area contributed by atoms with Crippen LogP contribution >= 0.6 is 0 Å². The first-order valence-electron chi connectivity index (χ1n) is 5.09. The molecule has 0 radical (unpaired) electrons. The van der Waals surface area contributed by atoms with Crippen molar-refractivity contribution >= 4 is 10.9 Å². The molecule has 3 nitrogen and oxygen atoms in total. The maximum absolute atomic E-state index is 9.65. The summed E-state index contributed by atoms with van der Waals surface area (Å²) in [7, 11) is 0. The van der Waals surface area contributed by atoms with E-state index < -0.39 is 6.29 Å². The molecule has 1 atom stereocenters. The molecule has 1 aromatic carbocycles. The molecule has 0 aliphatic rings. The van der Waals surface area contributed by atoms with Crippen LogP contribution in [0.3, 0.4) is 0 Å². The summed E-state index contributed by atoms with van der Waals surface area (Å²) in [5, 5.41) is 10.8. The normalized spacial score (nSPS) is 13.3. The fourth-order valence-electron chi connectivity index (χ4n) is 1.70. The monoisotopic (exact) mass is 205 g/mol. The summed E-state index contributed by atoms with van der Waals surface area (Å²) in [6, 6.07) is 5.81. The Kier molecular flexibility index (Phi) is 2.75. The summed E-state index contributed by atoms with van der Waals surface area (Å²) < 4.78 is 5.13. The molecule has 0 amide bonds. The summed E-state index contributed by atoms with van der Waals surface area (Å²) in [4.78, 5) is 3.16. The lowest BCUT2D eigenvalue weighted by molar-refractivity contribution is -0.0979. The number of aromatic nitrogens is 1. The summed E-state index contributed by atoms with van der Waals surface area (Å²) >= 11 is 0. The molecule has 15 heavy (non-hydrogen) atoms. The number of aliphatic hydroxyl groups excluding tert-OH is 1. The van der Waals surface area contributed by atoms with Crippen LogP contribution in [0.25, 0.3) is 10.9 Å². The number of fused-ring (bicyclic) bond motifs is 1. The molecular formula is C12H15NO2. The fraction of sp³-hybridized carbons (Fsp3) is 0.333. The Morgan fingerprint density at radius 1 is 1.47 bits per heavy atom. The number of aryl methyl sites for hydroxylation is 1. The molecule has 0 aliphatic carbocycles. The minimum Gasteiger partial charge on any atom is -0.364 e. The van der Waals surface area contributed by atoms with Crippen LogP contribution in [0.1, 0.15) is 24.3 Å². The van der Waals surface area contributed by atoms with Crippen molar-refractivity contribution in [2.24, 2.45) is 0 Å². The number of hydrogen-bond donors (Lipinski definition) is 2. The Bertz CT molecular complexity index is 462. The van der Waals surface area contributed by atoms with Crippen LogP contribution < -0.4 is 0 Å². The van der Waals surface area contributed by atoms with Gasteiger partial charge in [0.25, 0.3) is 0 Å². The molecule has 2 rings (SSSR count). The van der Waals surface area contributed by atoms with Crippen LogP contribution in [0.2, 0.25) is 0 Å². The third-order valence-electron chi connectivity index (χ3n) is 2.52. The van der Waals surface area contributed by atoms with Gasteiger partial charge in [-0.15, -0.1) is 0 Å². The van der Waals surface area contributed by atoms with Gasteiger partial charge in [0.1, 0.15) is 0 Å². The lowest BCUT2D eigenvalue weighted by atomic mass is 10.1. The number of H-pyrrole nitrogens is 1. The minimum absolute atomic E-state index is 0.503. The topological polar surface area (TPSA) is 45.2 Å². The largest absolute Gasteiger partial charge is 0.364 e. The summed E-state index contributed by atoms with van der Waals surface area (Å²) in [6.45, 7) is 4.42. The Morgan fingerprint density at radius 2 is 2.27 bits per heavy atom. The first-order valence-corrected chi connectivity index (χ1v) is 5.09. The molecule has 80 valence electrons.